The lowest BCUT2D eigenvalue weighted by molar-refractivity contribution is -0.137. The number of nitrogens with one attached hydrogen (secondary N) is 1. The highest BCUT2D eigenvalue weighted by Crippen LogP contribution is 2.36. The maximum atomic E-state index is 13.5. The summed E-state index contributed by atoms with van der Waals surface area (Å²) < 4.78 is 52.4. The molecular weight excluding hydrogens is 467 g/mol. The first-order valence-corrected chi connectivity index (χ1v) is 7.44. The molecular formula is C13H8BrF4IN2. The van der Waals surface area contributed by atoms with Crippen LogP contribution in [0.25, 0.3) is 0 Å². The lowest BCUT2D eigenvalue weighted by Gasteiger charge is -2.14. The Kier molecular flexibility index (Phi) is 4.66. The van der Waals surface area contributed by atoms with Crippen LogP contribution in [0.5, 0.6) is 0 Å². The second-order valence-electron chi connectivity index (χ2n) is 4.17. The number of anilines is 3. The number of benzene rings is 2. The molecule has 0 aliphatic carbocycles. The van der Waals surface area contributed by atoms with Crippen LogP contribution >= 0.6 is 38.5 Å². The van der Waals surface area contributed by atoms with E-state index in [-0.39, 0.29) is 17.1 Å². The molecule has 0 saturated heterocycles. The monoisotopic (exact) mass is 474 g/mol. The average Bonchev–Trinajstić information content (AvgIpc) is 2.37. The maximum absolute atomic E-state index is 13.5. The summed E-state index contributed by atoms with van der Waals surface area (Å²) in [7, 11) is 0. The van der Waals surface area contributed by atoms with Crippen molar-refractivity contribution in [1.29, 1.82) is 0 Å². The van der Waals surface area contributed by atoms with Crippen molar-refractivity contribution in [3.63, 3.8) is 0 Å². The van der Waals surface area contributed by atoms with Gasteiger partial charge in [0.25, 0.3) is 0 Å². The van der Waals surface area contributed by atoms with Gasteiger partial charge in [-0.15, -0.1) is 0 Å². The highest BCUT2D eigenvalue weighted by molar-refractivity contribution is 14.1. The van der Waals surface area contributed by atoms with E-state index >= 15 is 0 Å². The van der Waals surface area contributed by atoms with Crippen molar-refractivity contribution < 1.29 is 17.6 Å². The molecule has 0 heterocycles. The third kappa shape index (κ3) is 3.79. The van der Waals surface area contributed by atoms with E-state index in [4.69, 9.17) is 5.73 Å². The van der Waals surface area contributed by atoms with Crippen LogP contribution in [0.3, 0.4) is 0 Å². The molecule has 8 heteroatoms. The summed E-state index contributed by atoms with van der Waals surface area (Å²) in [5.74, 6) is -0.504. The van der Waals surface area contributed by atoms with Crippen LogP contribution in [0, 0.1) is 9.39 Å². The van der Waals surface area contributed by atoms with Crippen molar-refractivity contribution in [2.75, 3.05) is 11.1 Å². The second kappa shape index (κ2) is 5.99. The van der Waals surface area contributed by atoms with E-state index in [2.05, 4.69) is 21.2 Å². The fraction of sp³-hybridized carbons (Fsp3) is 0.0769. The average molecular weight is 475 g/mol. The topological polar surface area (TPSA) is 38.0 Å². The van der Waals surface area contributed by atoms with E-state index in [0.29, 0.717) is 8.04 Å². The number of rotatable bonds is 2. The van der Waals surface area contributed by atoms with Crippen LogP contribution in [0.1, 0.15) is 5.56 Å². The Morgan fingerprint density at radius 1 is 1.10 bits per heavy atom. The first-order valence-electron chi connectivity index (χ1n) is 5.57. The van der Waals surface area contributed by atoms with Gasteiger partial charge in [-0.2, -0.15) is 13.2 Å². The third-order valence-electron chi connectivity index (χ3n) is 2.66. The molecule has 2 aromatic rings. The van der Waals surface area contributed by atoms with Crippen molar-refractivity contribution in [2.45, 2.75) is 6.18 Å². The lowest BCUT2D eigenvalue weighted by Crippen LogP contribution is -2.06. The summed E-state index contributed by atoms with van der Waals surface area (Å²) >= 11 is 4.93. The van der Waals surface area contributed by atoms with Crippen LogP contribution in [0.4, 0.5) is 34.6 Å². The molecule has 0 atom stereocenters. The van der Waals surface area contributed by atoms with Crippen LogP contribution in [-0.2, 0) is 6.18 Å². The standard InChI is InChI=1S/C13H8BrF4IN2/c14-7-2-1-6(13(16,17)18)3-11(7)21-12-4-8(15)9(19)5-10(12)20/h1-5,21H,20H2. The fourth-order valence-corrected chi connectivity index (χ4v) is 2.45. The fourth-order valence-electron chi connectivity index (χ4n) is 1.61. The van der Waals surface area contributed by atoms with E-state index in [9.17, 15) is 17.6 Å². The number of hydrogen-bond acceptors (Lipinski definition) is 2. The molecule has 0 aliphatic rings. The Balaban J connectivity index is 2.42. The quantitative estimate of drug-likeness (QED) is 0.341. The zero-order valence-corrected chi connectivity index (χ0v) is 14.0. The molecule has 0 bridgehead atoms. The van der Waals surface area contributed by atoms with Crippen molar-refractivity contribution in [3.05, 3.63) is 49.8 Å². The Hall–Kier alpha value is -1.03. The van der Waals surface area contributed by atoms with Crippen LogP contribution in [0.2, 0.25) is 0 Å². The largest absolute Gasteiger partial charge is 0.416 e. The summed E-state index contributed by atoms with van der Waals surface area (Å²) in [5, 5.41) is 2.71. The molecule has 112 valence electrons. The molecule has 0 spiro atoms. The molecule has 0 saturated carbocycles. The van der Waals surface area contributed by atoms with Crippen molar-refractivity contribution >= 4 is 55.6 Å². The number of alkyl halides is 3. The number of nitrogens with two attached hydrogens (primary N) is 1. The Morgan fingerprint density at radius 3 is 2.38 bits per heavy atom. The highest BCUT2D eigenvalue weighted by Gasteiger charge is 2.31. The van der Waals surface area contributed by atoms with Gasteiger partial charge in [0.15, 0.2) is 0 Å². The molecule has 21 heavy (non-hydrogen) atoms. The molecule has 0 amide bonds. The Labute approximate surface area is 140 Å². The molecule has 0 fully saturated rings. The van der Waals surface area contributed by atoms with Gasteiger partial charge >= 0.3 is 6.18 Å². The summed E-state index contributed by atoms with van der Waals surface area (Å²) in [6.45, 7) is 0. The van der Waals surface area contributed by atoms with Gasteiger partial charge < -0.3 is 11.1 Å². The van der Waals surface area contributed by atoms with Gasteiger partial charge in [-0.1, -0.05) is 0 Å². The maximum Gasteiger partial charge on any atom is 0.416 e. The summed E-state index contributed by atoms with van der Waals surface area (Å²) in [6, 6.07) is 5.69. The molecule has 2 rings (SSSR count). The van der Waals surface area contributed by atoms with E-state index in [1.807, 2.05) is 0 Å². The number of hydrogen-bond donors (Lipinski definition) is 2. The van der Waals surface area contributed by atoms with Crippen molar-refractivity contribution in [2.24, 2.45) is 0 Å². The molecule has 0 aliphatic heterocycles. The van der Waals surface area contributed by atoms with E-state index in [1.165, 1.54) is 12.1 Å². The van der Waals surface area contributed by atoms with Crippen LogP contribution < -0.4 is 11.1 Å². The zero-order valence-electron chi connectivity index (χ0n) is 10.2. The molecule has 0 radical (unpaired) electrons. The lowest BCUT2D eigenvalue weighted by atomic mass is 10.2. The Morgan fingerprint density at radius 2 is 1.76 bits per heavy atom. The minimum Gasteiger partial charge on any atom is -0.397 e. The van der Waals surface area contributed by atoms with Gasteiger partial charge in [-0.05, 0) is 62.8 Å². The predicted octanol–water partition coefficient (Wildman–Crippen LogP) is 5.54. The molecule has 0 unspecified atom stereocenters. The molecule has 2 aromatic carbocycles. The van der Waals surface area contributed by atoms with Gasteiger partial charge in [0.2, 0.25) is 0 Å². The Bertz CT molecular complexity index is 689. The second-order valence-corrected chi connectivity index (χ2v) is 6.19. The van der Waals surface area contributed by atoms with Gasteiger partial charge in [0, 0.05) is 10.5 Å². The summed E-state index contributed by atoms with van der Waals surface area (Å²) in [5.41, 5.74) is 5.53. The highest BCUT2D eigenvalue weighted by atomic mass is 127. The van der Waals surface area contributed by atoms with E-state index < -0.39 is 17.6 Å². The minimum atomic E-state index is -4.46. The van der Waals surface area contributed by atoms with Gasteiger partial charge in [0.1, 0.15) is 5.82 Å². The number of halogens is 6. The van der Waals surface area contributed by atoms with Gasteiger partial charge in [-0.25, -0.2) is 4.39 Å². The van der Waals surface area contributed by atoms with Gasteiger partial charge in [-0.3, -0.25) is 0 Å². The summed E-state index contributed by atoms with van der Waals surface area (Å²) in [6.07, 6.45) is -4.46. The van der Waals surface area contributed by atoms with Crippen molar-refractivity contribution in [1.82, 2.24) is 0 Å². The molecule has 3 N–H and O–H groups in total. The zero-order chi connectivity index (χ0) is 15.8. The van der Waals surface area contributed by atoms with Crippen LogP contribution in [-0.4, -0.2) is 0 Å². The first kappa shape index (κ1) is 16.3. The van der Waals surface area contributed by atoms with Gasteiger partial charge in [0.05, 0.1) is 26.2 Å². The SMILES string of the molecule is Nc1cc(I)c(F)cc1Nc1cc(C(F)(F)F)ccc1Br. The molecule has 2 nitrogen and oxygen atoms in total. The summed E-state index contributed by atoms with van der Waals surface area (Å²) in [4.78, 5) is 0. The number of nitrogen functional groups attached to an aromatic ring is 1. The third-order valence-corrected chi connectivity index (χ3v) is 4.17. The normalized spacial score (nSPS) is 11.5. The van der Waals surface area contributed by atoms with E-state index in [1.54, 1.807) is 22.6 Å². The van der Waals surface area contributed by atoms with E-state index in [0.717, 1.165) is 18.2 Å². The first-order chi connectivity index (χ1) is 9.68. The van der Waals surface area contributed by atoms with Crippen LogP contribution in [0.15, 0.2) is 34.8 Å². The smallest absolute Gasteiger partial charge is 0.397 e. The molecule has 0 aromatic heterocycles. The van der Waals surface area contributed by atoms with Crippen molar-refractivity contribution in [3.8, 4) is 0 Å². The minimum absolute atomic E-state index is 0.150. The predicted molar refractivity (Wildman–Crippen MR) is 86.0 cm³/mol.